The first-order valence-electron chi connectivity index (χ1n) is 11.1. The van der Waals surface area contributed by atoms with Crippen molar-refractivity contribution in [1.82, 2.24) is 4.90 Å². The number of carbonyl (C=O) groups is 1. The topological polar surface area (TPSA) is 66.9 Å². The molecule has 0 atom stereocenters. The van der Waals surface area contributed by atoms with Gasteiger partial charge >= 0.3 is 0 Å². The molecule has 0 saturated carbocycles. The minimum atomic E-state index is -3.78. The van der Waals surface area contributed by atoms with Crippen LogP contribution in [0.4, 0.5) is 5.69 Å². The number of benzene rings is 3. The highest BCUT2D eigenvalue weighted by atomic mass is 32.2. The maximum Gasteiger partial charge on any atom is 0.264 e. The third-order valence-electron chi connectivity index (χ3n) is 5.74. The number of aryl methyl sites for hydroxylation is 1. The number of rotatable bonds is 7. The highest BCUT2D eigenvalue weighted by Crippen LogP contribution is 2.32. The second-order valence-corrected chi connectivity index (χ2v) is 9.94. The first-order chi connectivity index (χ1) is 15.9. The van der Waals surface area contributed by atoms with Crippen molar-refractivity contribution in [2.75, 3.05) is 24.5 Å². The molecule has 0 radical (unpaired) electrons. The largest absolute Gasteiger partial charge is 0.494 e. The molecule has 7 heteroatoms. The molecule has 0 fully saturated rings. The summed E-state index contributed by atoms with van der Waals surface area (Å²) in [6, 6.07) is 21.5. The normalized spacial score (nSPS) is 13.3. The van der Waals surface area contributed by atoms with Crippen LogP contribution in [0.3, 0.4) is 0 Å². The molecule has 1 heterocycles. The first kappa shape index (κ1) is 22.9. The number of para-hydroxylation sites is 1. The second kappa shape index (κ2) is 9.67. The van der Waals surface area contributed by atoms with Crippen molar-refractivity contribution in [2.45, 2.75) is 31.2 Å². The van der Waals surface area contributed by atoms with Gasteiger partial charge in [0.25, 0.3) is 15.9 Å². The van der Waals surface area contributed by atoms with Crippen LogP contribution in [0, 0.1) is 0 Å². The summed E-state index contributed by atoms with van der Waals surface area (Å²) < 4.78 is 33.8. The molecule has 0 bridgehead atoms. The third-order valence-corrected chi connectivity index (χ3v) is 7.55. The molecule has 1 amide bonds. The molecule has 172 valence electrons. The Labute approximate surface area is 195 Å². The summed E-state index contributed by atoms with van der Waals surface area (Å²) in [6.07, 6.45) is 1.62. The van der Waals surface area contributed by atoms with E-state index < -0.39 is 10.0 Å². The van der Waals surface area contributed by atoms with Gasteiger partial charge in [-0.15, -0.1) is 0 Å². The third kappa shape index (κ3) is 4.88. The SMILES string of the molecule is CCOc1ccc(CN(C)C(=O)c2cccc(S(=O)(=O)N3CCCc4ccccc43)c2)cc1. The number of hydrogen-bond acceptors (Lipinski definition) is 4. The summed E-state index contributed by atoms with van der Waals surface area (Å²) in [7, 11) is -2.07. The van der Waals surface area contributed by atoms with E-state index in [0.717, 1.165) is 29.7 Å². The van der Waals surface area contributed by atoms with Crippen LogP contribution in [0.5, 0.6) is 5.75 Å². The van der Waals surface area contributed by atoms with Crippen LogP contribution in [0.25, 0.3) is 0 Å². The first-order valence-corrected chi connectivity index (χ1v) is 12.5. The predicted octanol–water partition coefficient (Wildman–Crippen LogP) is 4.50. The number of sulfonamides is 1. The molecular formula is C26H28N2O4S. The van der Waals surface area contributed by atoms with E-state index in [1.807, 2.05) is 55.5 Å². The fraction of sp³-hybridized carbons (Fsp3) is 0.269. The Morgan fingerprint density at radius 2 is 1.79 bits per heavy atom. The van der Waals surface area contributed by atoms with Crippen molar-refractivity contribution in [3.05, 3.63) is 89.5 Å². The molecule has 0 aliphatic carbocycles. The lowest BCUT2D eigenvalue weighted by atomic mass is 10.0. The summed E-state index contributed by atoms with van der Waals surface area (Å²) >= 11 is 0. The van der Waals surface area contributed by atoms with E-state index in [2.05, 4.69) is 0 Å². The number of fused-ring (bicyclic) bond motifs is 1. The zero-order valence-electron chi connectivity index (χ0n) is 18.9. The van der Waals surface area contributed by atoms with Crippen molar-refractivity contribution in [3.8, 4) is 5.75 Å². The maximum absolute atomic E-state index is 13.5. The summed E-state index contributed by atoms with van der Waals surface area (Å²) in [5.74, 6) is 0.549. The number of nitrogens with zero attached hydrogens (tertiary/aromatic N) is 2. The average molecular weight is 465 g/mol. The van der Waals surface area contributed by atoms with Crippen molar-refractivity contribution in [2.24, 2.45) is 0 Å². The van der Waals surface area contributed by atoms with E-state index in [1.165, 1.54) is 10.4 Å². The Balaban J connectivity index is 1.54. The van der Waals surface area contributed by atoms with Gasteiger partial charge in [0.2, 0.25) is 0 Å². The fourth-order valence-electron chi connectivity index (χ4n) is 4.09. The standard InChI is InChI=1S/C26H28N2O4S/c1-3-32-23-15-13-20(14-16-23)19-27(2)26(29)22-9-6-11-24(18-22)33(30,31)28-17-7-10-21-8-4-5-12-25(21)28/h4-6,8-9,11-16,18H,3,7,10,17,19H2,1-2H3. The second-order valence-electron chi connectivity index (χ2n) is 8.08. The van der Waals surface area contributed by atoms with Gasteiger partial charge in [0.15, 0.2) is 0 Å². The van der Waals surface area contributed by atoms with Gasteiger partial charge in [0.05, 0.1) is 17.2 Å². The molecule has 33 heavy (non-hydrogen) atoms. The molecule has 3 aromatic rings. The number of amides is 1. The van der Waals surface area contributed by atoms with Gasteiger partial charge in [0, 0.05) is 25.7 Å². The fourth-order valence-corrected chi connectivity index (χ4v) is 5.68. The van der Waals surface area contributed by atoms with Crippen molar-refractivity contribution < 1.29 is 17.9 Å². The number of carbonyl (C=O) groups excluding carboxylic acids is 1. The monoisotopic (exact) mass is 464 g/mol. The highest BCUT2D eigenvalue weighted by Gasteiger charge is 2.29. The molecule has 0 unspecified atom stereocenters. The Morgan fingerprint density at radius 3 is 2.55 bits per heavy atom. The van der Waals surface area contributed by atoms with Crippen LogP contribution >= 0.6 is 0 Å². The van der Waals surface area contributed by atoms with Gasteiger partial charge < -0.3 is 9.64 Å². The summed E-state index contributed by atoms with van der Waals surface area (Å²) in [5, 5.41) is 0. The number of anilines is 1. The molecule has 0 N–H and O–H groups in total. The Hall–Kier alpha value is -3.32. The van der Waals surface area contributed by atoms with Gasteiger partial charge in [-0.1, -0.05) is 36.4 Å². The molecule has 3 aromatic carbocycles. The van der Waals surface area contributed by atoms with Crippen LogP contribution in [-0.2, 0) is 23.0 Å². The molecule has 0 saturated heterocycles. The summed E-state index contributed by atoms with van der Waals surface area (Å²) in [4.78, 5) is 14.8. The van der Waals surface area contributed by atoms with E-state index in [1.54, 1.807) is 30.1 Å². The van der Waals surface area contributed by atoms with E-state index in [-0.39, 0.29) is 10.8 Å². The van der Waals surface area contributed by atoms with Crippen molar-refractivity contribution >= 4 is 21.6 Å². The Morgan fingerprint density at radius 1 is 1.03 bits per heavy atom. The Bertz CT molecular complexity index is 1240. The van der Waals surface area contributed by atoms with Gasteiger partial charge in [-0.3, -0.25) is 9.10 Å². The van der Waals surface area contributed by atoms with Crippen LogP contribution in [0.1, 0.15) is 34.8 Å². The molecule has 6 nitrogen and oxygen atoms in total. The Kier molecular flexibility index (Phi) is 6.70. The van der Waals surface area contributed by atoms with Crippen molar-refractivity contribution in [3.63, 3.8) is 0 Å². The zero-order chi connectivity index (χ0) is 23.4. The van der Waals surface area contributed by atoms with Gasteiger partial charge in [0.1, 0.15) is 5.75 Å². The average Bonchev–Trinajstić information content (AvgIpc) is 2.84. The van der Waals surface area contributed by atoms with Crippen LogP contribution in [0.2, 0.25) is 0 Å². The quantitative estimate of drug-likeness (QED) is 0.516. The van der Waals surface area contributed by atoms with E-state index in [9.17, 15) is 13.2 Å². The van der Waals surface area contributed by atoms with Crippen LogP contribution in [0.15, 0.2) is 77.7 Å². The van der Waals surface area contributed by atoms with Crippen LogP contribution < -0.4 is 9.04 Å². The minimum absolute atomic E-state index is 0.125. The zero-order valence-corrected chi connectivity index (χ0v) is 19.7. The lowest BCUT2D eigenvalue weighted by molar-refractivity contribution is 0.0785. The van der Waals surface area contributed by atoms with E-state index in [0.29, 0.717) is 30.9 Å². The molecule has 4 rings (SSSR count). The van der Waals surface area contributed by atoms with E-state index >= 15 is 0 Å². The van der Waals surface area contributed by atoms with Gasteiger partial charge in [-0.25, -0.2) is 8.42 Å². The van der Waals surface area contributed by atoms with Crippen molar-refractivity contribution in [1.29, 1.82) is 0 Å². The lowest BCUT2D eigenvalue weighted by Crippen LogP contribution is -2.35. The van der Waals surface area contributed by atoms with E-state index in [4.69, 9.17) is 4.74 Å². The minimum Gasteiger partial charge on any atom is -0.494 e. The van der Waals surface area contributed by atoms with Gasteiger partial charge in [-0.05, 0) is 67.3 Å². The van der Waals surface area contributed by atoms with Crippen LogP contribution in [-0.4, -0.2) is 39.4 Å². The number of hydrogen-bond donors (Lipinski definition) is 0. The summed E-state index contributed by atoms with van der Waals surface area (Å²) in [5.41, 5.74) is 3.04. The number of ether oxygens (including phenoxy) is 1. The molecule has 1 aliphatic rings. The smallest absolute Gasteiger partial charge is 0.264 e. The highest BCUT2D eigenvalue weighted by molar-refractivity contribution is 7.92. The maximum atomic E-state index is 13.5. The molecule has 0 aromatic heterocycles. The molecule has 1 aliphatic heterocycles. The predicted molar refractivity (Wildman–Crippen MR) is 129 cm³/mol. The van der Waals surface area contributed by atoms with Gasteiger partial charge in [-0.2, -0.15) is 0 Å². The lowest BCUT2D eigenvalue weighted by Gasteiger charge is -2.30. The summed E-state index contributed by atoms with van der Waals surface area (Å²) in [6.45, 7) is 3.36. The molecule has 0 spiro atoms. The molecular weight excluding hydrogens is 436 g/mol.